The van der Waals surface area contributed by atoms with Crippen LogP contribution in [0.4, 0.5) is 0 Å². The number of nitrogens with zero attached hydrogens (tertiary/aromatic N) is 4. The third-order valence-corrected chi connectivity index (χ3v) is 6.78. The molecule has 0 N–H and O–H groups in total. The molecule has 1 aromatic heterocycles. The van der Waals surface area contributed by atoms with Crippen LogP contribution in [-0.4, -0.2) is 98.3 Å². The number of rotatable bonds is 8. The zero-order valence-electron chi connectivity index (χ0n) is 18.9. The number of amides is 1. The number of piperazine rings is 1. The summed E-state index contributed by atoms with van der Waals surface area (Å²) in [6.45, 7) is 10.3. The molecule has 9 heteroatoms. The highest BCUT2D eigenvalue weighted by Crippen LogP contribution is 2.34. The van der Waals surface area contributed by atoms with Crippen molar-refractivity contribution in [3.8, 4) is 22.1 Å². The molecule has 0 radical (unpaired) electrons. The minimum Gasteiger partial charge on any atom is -0.493 e. The summed E-state index contributed by atoms with van der Waals surface area (Å²) in [5, 5.41) is 3.09. The van der Waals surface area contributed by atoms with Crippen LogP contribution in [0.15, 0.2) is 23.6 Å². The van der Waals surface area contributed by atoms with E-state index in [4.69, 9.17) is 19.2 Å². The van der Waals surface area contributed by atoms with Gasteiger partial charge in [0.25, 0.3) is 0 Å². The third-order valence-electron chi connectivity index (χ3n) is 5.84. The lowest BCUT2D eigenvalue weighted by Gasteiger charge is -2.36. The largest absolute Gasteiger partial charge is 0.493 e. The van der Waals surface area contributed by atoms with E-state index >= 15 is 0 Å². The average Bonchev–Trinajstić information content (AvgIpc) is 3.29. The summed E-state index contributed by atoms with van der Waals surface area (Å²) in [6, 6.07) is 5.94. The summed E-state index contributed by atoms with van der Waals surface area (Å²) in [4.78, 5) is 24.0. The van der Waals surface area contributed by atoms with Gasteiger partial charge in [-0.1, -0.05) is 0 Å². The molecule has 0 saturated carbocycles. The van der Waals surface area contributed by atoms with Crippen LogP contribution in [0.2, 0.25) is 0 Å². The minimum atomic E-state index is 0.229. The van der Waals surface area contributed by atoms with Gasteiger partial charge in [0.15, 0.2) is 11.5 Å². The standard InChI is InChI=1S/C23H32N4O4S/c1-3-31-20-5-4-18(14-21(20)29-2)23-24-19(17-32-23)15-25-6-8-27(9-7-25)22(28)16-26-10-12-30-13-11-26/h4-5,14,17H,3,6-13,15-16H2,1-2H3. The Morgan fingerprint density at radius 2 is 1.88 bits per heavy atom. The van der Waals surface area contributed by atoms with Crippen molar-refractivity contribution < 1.29 is 19.0 Å². The number of benzene rings is 1. The molecule has 0 bridgehead atoms. The molecular weight excluding hydrogens is 428 g/mol. The van der Waals surface area contributed by atoms with Gasteiger partial charge in [-0.15, -0.1) is 11.3 Å². The summed E-state index contributed by atoms with van der Waals surface area (Å²) >= 11 is 1.64. The predicted molar refractivity (Wildman–Crippen MR) is 124 cm³/mol. The van der Waals surface area contributed by atoms with Crippen molar-refractivity contribution in [2.45, 2.75) is 13.5 Å². The van der Waals surface area contributed by atoms with E-state index in [1.54, 1.807) is 18.4 Å². The van der Waals surface area contributed by atoms with Crippen molar-refractivity contribution in [1.82, 2.24) is 19.7 Å². The van der Waals surface area contributed by atoms with Crippen LogP contribution in [0, 0.1) is 0 Å². The van der Waals surface area contributed by atoms with Crippen LogP contribution in [0.25, 0.3) is 10.6 Å². The Bertz CT molecular complexity index is 892. The molecule has 0 aliphatic carbocycles. The molecule has 174 valence electrons. The van der Waals surface area contributed by atoms with Crippen molar-refractivity contribution >= 4 is 17.2 Å². The van der Waals surface area contributed by atoms with Crippen LogP contribution in [0.3, 0.4) is 0 Å². The fourth-order valence-corrected chi connectivity index (χ4v) is 4.83. The molecule has 0 atom stereocenters. The second kappa shape index (κ2) is 11.1. The number of carbonyl (C=O) groups is 1. The van der Waals surface area contributed by atoms with Gasteiger partial charge in [-0.25, -0.2) is 4.98 Å². The molecule has 0 unspecified atom stereocenters. The van der Waals surface area contributed by atoms with Gasteiger partial charge in [-0.2, -0.15) is 0 Å². The van der Waals surface area contributed by atoms with Gasteiger partial charge in [-0.3, -0.25) is 14.6 Å². The van der Waals surface area contributed by atoms with E-state index in [0.717, 1.165) is 86.8 Å². The first-order chi connectivity index (χ1) is 15.7. The van der Waals surface area contributed by atoms with E-state index in [0.29, 0.717) is 13.2 Å². The fraction of sp³-hybridized carbons (Fsp3) is 0.565. The number of hydrogen-bond donors (Lipinski definition) is 0. The zero-order chi connectivity index (χ0) is 22.3. The maximum Gasteiger partial charge on any atom is 0.236 e. The predicted octanol–water partition coefficient (Wildman–Crippen LogP) is 2.19. The third kappa shape index (κ3) is 5.78. The highest BCUT2D eigenvalue weighted by Gasteiger charge is 2.24. The number of aromatic nitrogens is 1. The number of carbonyl (C=O) groups excluding carboxylic acids is 1. The summed E-state index contributed by atoms with van der Waals surface area (Å²) in [7, 11) is 1.65. The van der Waals surface area contributed by atoms with E-state index in [9.17, 15) is 4.79 Å². The van der Waals surface area contributed by atoms with Gasteiger partial charge in [0.05, 0.1) is 39.2 Å². The lowest BCUT2D eigenvalue weighted by molar-refractivity contribution is -0.135. The van der Waals surface area contributed by atoms with Gasteiger partial charge >= 0.3 is 0 Å². The van der Waals surface area contributed by atoms with Crippen molar-refractivity contribution in [2.24, 2.45) is 0 Å². The molecule has 1 aromatic carbocycles. The van der Waals surface area contributed by atoms with E-state index in [1.807, 2.05) is 30.0 Å². The van der Waals surface area contributed by atoms with E-state index in [-0.39, 0.29) is 5.91 Å². The van der Waals surface area contributed by atoms with Gasteiger partial charge in [0.2, 0.25) is 5.91 Å². The molecule has 2 aliphatic heterocycles. The zero-order valence-corrected chi connectivity index (χ0v) is 19.7. The molecular formula is C23H32N4O4S. The molecule has 8 nitrogen and oxygen atoms in total. The average molecular weight is 461 g/mol. The van der Waals surface area contributed by atoms with Crippen molar-refractivity contribution in [3.05, 3.63) is 29.3 Å². The first-order valence-electron chi connectivity index (χ1n) is 11.2. The first-order valence-corrected chi connectivity index (χ1v) is 12.1. The number of thiazole rings is 1. The molecule has 0 spiro atoms. The van der Waals surface area contributed by atoms with Gasteiger partial charge < -0.3 is 19.1 Å². The van der Waals surface area contributed by atoms with Crippen LogP contribution in [-0.2, 0) is 16.1 Å². The Balaban J connectivity index is 1.28. The highest BCUT2D eigenvalue weighted by atomic mass is 32.1. The summed E-state index contributed by atoms with van der Waals surface area (Å²) in [5.74, 6) is 1.70. The molecule has 4 rings (SSSR count). The van der Waals surface area contributed by atoms with Crippen molar-refractivity contribution in [3.63, 3.8) is 0 Å². The van der Waals surface area contributed by atoms with E-state index < -0.39 is 0 Å². The highest BCUT2D eigenvalue weighted by molar-refractivity contribution is 7.13. The SMILES string of the molecule is CCOc1ccc(-c2nc(CN3CCN(C(=O)CN4CCOCC4)CC3)cs2)cc1OC. The lowest BCUT2D eigenvalue weighted by Crippen LogP contribution is -2.52. The van der Waals surface area contributed by atoms with Crippen LogP contribution in [0.5, 0.6) is 11.5 Å². The summed E-state index contributed by atoms with van der Waals surface area (Å²) in [6.07, 6.45) is 0. The van der Waals surface area contributed by atoms with E-state index in [2.05, 4.69) is 15.2 Å². The van der Waals surface area contributed by atoms with Crippen molar-refractivity contribution in [1.29, 1.82) is 0 Å². The maximum absolute atomic E-state index is 12.6. The lowest BCUT2D eigenvalue weighted by atomic mass is 10.2. The molecule has 2 fully saturated rings. The van der Waals surface area contributed by atoms with Crippen molar-refractivity contribution in [2.75, 3.05) is 72.7 Å². The Labute approximate surface area is 193 Å². The van der Waals surface area contributed by atoms with Crippen LogP contribution in [0.1, 0.15) is 12.6 Å². The molecule has 3 heterocycles. The Hall–Kier alpha value is -2.20. The monoisotopic (exact) mass is 460 g/mol. The van der Waals surface area contributed by atoms with Gasteiger partial charge in [0.1, 0.15) is 5.01 Å². The maximum atomic E-state index is 12.6. The van der Waals surface area contributed by atoms with Gasteiger partial charge in [0, 0.05) is 56.8 Å². The Morgan fingerprint density at radius 3 is 2.59 bits per heavy atom. The second-order valence-electron chi connectivity index (χ2n) is 7.99. The summed E-state index contributed by atoms with van der Waals surface area (Å²) < 4.78 is 16.4. The number of morpholine rings is 1. The Kier molecular flexibility index (Phi) is 7.96. The Morgan fingerprint density at radius 1 is 1.09 bits per heavy atom. The fourth-order valence-electron chi connectivity index (χ4n) is 4.02. The molecule has 1 amide bonds. The number of ether oxygens (including phenoxy) is 3. The molecule has 2 aliphatic rings. The molecule has 2 aromatic rings. The topological polar surface area (TPSA) is 67.4 Å². The van der Waals surface area contributed by atoms with Crippen LogP contribution < -0.4 is 9.47 Å². The smallest absolute Gasteiger partial charge is 0.236 e. The molecule has 2 saturated heterocycles. The minimum absolute atomic E-state index is 0.229. The first kappa shape index (κ1) is 23.0. The van der Waals surface area contributed by atoms with Gasteiger partial charge in [-0.05, 0) is 25.1 Å². The summed E-state index contributed by atoms with van der Waals surface area (Å²) in [5.41, 5.74) is 2.09. The second-order valence-corrected chi connectivity index (χ2v) is 8.85. The molecule has 32 heavy (non-hydrogen) atoms. The van der Waals surface area contributed by atoms with Crippen LogP contribution >= 0.6 is 11.3 Å². The van der Waals surface area contributed by atoms with E-state index in [1.165, 1.54) is 0 Å². The quantitative estimate of drug-likeness (QED) is 0.598. The number of hydrogen-bond acceptors (Lipinski definition) is 8. The number of methoxy groups -OCH3 is 1. The normalized spacial score (nSPS) is 18.0.